The van der Waals surface area contributed by atoms with Crippen molar-refractivity contribution in [3.63, 3.8) is 0 Å². The molecule has 0 aromatic heterocycles. The summed E-state index contributed by atoms with van der Waals surface area (Å²) in [4.78, 5) is 38.0. The number of amides is 3. The first-order valence-electron chi connectivity index (χ1n) is 7.40. The van der Waals surface area contributed by atoms with E-state index in [1.54, 1.807) is 11.9 Å². The smallest absolute Gasteiger partial charge is 0.416 e. The third kappa shape index (κ3) is 4.29. The lowest BCUT2D eigenvalue weighted by Crippen LogP contribution is -2.41. The zero-order valence-corrected chi connectivity index (χ0v) is 13.6. The van der Waals surface area contributed by atoms with Crippen molar-refractivity contribution < 1.29 is 19.1 Å². The molecule has 0 saturated carbocycles. The molecule has 0 unspecified atom stereocenters. The van der Waals surface area contributed by atoms with Gasteiger partial charge in [-0.3, -0.25) is 14.5 Å². The van der Waals surface area contributed by atoms with Gasteiger partial charge in [0.2, 0.25) is 11.8 Å². The molecule has 1 heterocycles. The van der Waals surface area contributed by atoms with E-state index in [2.05, 4.69) is 5.32 Å². The summed E-state index contributed by atoms with van der Waals surface area (Å²) >= 11 is 0. The van der Waals surface area contributed by atoms with Crippen molar-refractivity contribution in [1.29, 1.82) is 0 Å². The number of cyclic esters (lactones) is 1. The Morgan fingerprint density at radius 1 is 1.26 bits per heavy atom. The number of rotatable bonds is 5. The van der Waals surface area contributed by atoms with E-state index in [1.807, 2.05) is 32.0 Å². The van der Waals surface area contributed by atoms with Gasteiger partial charge in [0.05, 0.1) is 19.6 Å². The normalized spacial score (nSPS) is 14.1. The number of imide groups is 1. The van der Waals surface area contributed by atoms with E-state index in [0.29, 0.717) is 0 Å². The number of aryl methyl sites for hydroxylation is 2. The van der Waals surface area contributed by atoms with E-state index in [1.165, 1.54) is 0 Å². The fourth-order valence-electron chi connectivity index (χ4n) is 2.43. The highest BCUT2D eigenvalue weighted by molar-refractivity contribution is 5.96. The van der Waals surface area contributed by atoms with Gasteiger partial charge >= 0.3 is 6.09 Å². The van der Waals surface area contributed by atoms with Crippen LogP contribution in [0.25, 0.3) is 0 Å². The quantitative estimate of drug-likeness (QED) is 0.881. The maximum absolute atomic E-state index is 12.1. The molecule has 0 atom stereocenters. The number of likely N-dealkylation sites (N-methyl/N-ethyl adjacent to an activating group) is 1. The molecule has 1 aromatic carbocycles. The molecule has 1 saturated heterocycles. The van der Waals surface area contributed by atoms with Crippen molar-refractivity contribution in [2.45, 2.75) is 13.8 Å². The second-order valence-electron chi connectivity index (χ2n) is 5.65. The van der Waals surface area contributed by atoms with Crippen LogP contribution >= 0.6 is 0 Å². The first-order valence-corrected chi connectivity index (χ1v) is 7.40. The van der Waals surface area contributed by atoms with E-state index in [0.717, 1.165) is 21.7 Å². The number of carbonyl (C=O) groups excluding carboxylic acids is 3. The predicted octanol–water partition coefficient (Wildman–Crippen LogP) is 1.15. The zero-order valence-electron chi connectivity index (χ0n) is 13.6. The Morgan fingerprint density at radius 3 is 2.48 bits per heavy atom. The number of para-hydroxylation sites is 1. The van der Waals surface area contributed by atoms with Gasteiger partial charge in [0.25, 0.3) is 0 Å². The lowest BCUT2D eigenvalue weighted by Gasteiger charge is -2.19. The maximum atomic E-state index is 12.1. The molecule has 0 spiro atoms. The summed E-state index contributed by atoms with van der Waals surface area (Å²) in [5.41, 5.74) is 2.76. The molecule has 1 aliphatic heterocycles. The molecule has 124 valence electrons. The second kappa shape index (κ2) is 7.23. The first-order chi connectivity index (χ1) is 10.9. The molecule has 0 radical (unpaired) electrons. The summed E-state index contributed by atoms with van der Waals surface area (Å²) in [7, 11) is 1.66. The third-order valence-corrected chi connectivity index (χ3v) is 3.63. The lowest BCUT2D eigenvalue weighted by molar-refractivity contribution is -0.129. The Bertz CT molecular complexity index is 610. The predicted molar refractivity (Wildman–Crippen MR) is 85.1 cm³/mol. The van der Waals surface area contributed by atoms with Crippen LogP contribution < -0.4 is 5.32 Å². The summed E-state index contributed by atoms with van der Waals surface area (Å²) < 4.78 is 4.72. The van der Waals surface area contributed by atoms with Crippen LogP contribution in [0.2, 0.25) is 0 Å². The number of hydrogen-bond donors (Lipinski definition) is 1. The van der Waals surface area contributed by atoms with Gasteiger partial charge in [0.15, 0.2) is 0 Å². The van der Waals surface area contributed by atoms with Crippen LogP contribution in [0, 0.1) is 13.8 Å². The highest BCUT2D eigenvalue weighted by atomic mass is 16.6. The summed E-state index contributed by atoms with van der Waals surface area (Å²) in [5, 5.41) is 2.86. The minimum atomic E-state index is -0.622. The number of nitrogens with one attached hydrogen (secondary N) is 1. The fraction of sp³-hybridized carbons (Fsp3) is 0.438. The summed E-state index contributed by atoms with van der Waals surface area (Å²) in [6.07, 6.45) is -0.622. The van der Waals surface area contributed by atoms with Crippen molar-refractivity contribution in [2.75, 3.05) is 38.6 Å². The molecular weight excluding hydrogens is 298 g/mol. The number of carbonyl (C=O) groups is 3. The maximum Gasteiger partial charge on any atom is 0.416 e. The van der Waals surface area contributed by atoms with Crippen molar-refractivity contribution in [2.24, 2.45) is 0 Å². The Balaban J connectivity index is 1.87. The van der Waals surface area contributed by atoms with Crippen LogP contribution in [0.4, 0.5) is 10.5 Å². The van der Waals surface area contributed by atoms with Crippen molar-refractivity contribution in [3.05, 3.63) is 29.3 Å². The van der Waals surface area contributed by atoms with Gasteiger partial charge in [0, 0.05) is 5.69 Å². The molecule has 7 heteroatoms. The molecule has 23 heavy (non-hydrogen) atoms. The average molecular weight is 319 g/mol. The largest absolute Gasteiger partial charge is 0.447 e. The van der Waals surface area contributed by atoms with Gasteiger partial charge in [-0.2, -0.15) is 0 Å². The topological polar surface area (TPSA) is 79.0 Å². The van der Waals surface area contributed by atoms with Crippen molar-refractivity contribution in [3.8, 4) is 0 Å². The summed E-state index contributed by atoms with van der Waals surface area (Å²) in [5.74, 6) is -0.573. The van der Waals surface area contributed by atoms with Crippen LogP contribution in [-0.2, 0) is 14.3 Å². The van der Waals surface area contributed by atoms with Crippen LogP contribution in [0.15, 0.2) is 18.2 Å². The molecule has 7 nitrogen and oxygen atoms in total. The first kappa shape index (κ1) is 17.0. The number of benzene rings is 1. The molecule has 1 aromatic rings. The van der Waals surface area contributed by atoms with Crippen LogP contribution in [0.5, 0.6) is 0 Å². The Hall–Kier alpha value is -2.41. The number of nitrogens with zero attached hydrogens (tertiary/aromatic N) is 2. The highest BCUT2D eigenvalue weighted by Crippen LogP contribution is 2.19. The summed E-state index contributed by atoms with van der Waals surface area (Å²) in [6.45, 7) is 4.38. The minimum Gasteiger partial charge on any atom is -0.447 e. The molecule has 1 aliphatic rings. The standard InChI is InChI=1S/C16H21N3O4/c1-11-5-4-6-12(2)15(11)17-13(20)9-18(3)10-14(21)19-7-8-23-16(19)22/h4-6H,7-10H2,1-3H3,(H,17,20). The van der Waals surface area contributed by atoms with Crippen molar-refractivity contribution in [1.82, 2.24) is 9.80 Å². The van der Waals surface area contributed by atoms with E-state index in [-0.39, 0.29) is 38.1 Å². The van der Waals surface area contributed by atoms with Gasteiger partial charge in [-0.15, -0.1) is 0 Å². The van der Waals surface area contributed by atoms with Gasteiger partial charge < -0.3 is 10.1 Å². The monoisotopic (exact) mass is 319 g/mol. The van der Waals surface area contributed by atoms with Crippen LogP contribution in [-0.4, -0.2) is 61.0 Å². The lowest BCUT2D eigenvalue weighted by atomic mass is 10.1. The van der Waals surface area contributed by atoms with E-state index >= 15 is 0 Å². The molecule has 0 aliphatic carbocycles. The highest BCUT2D eigenvalue weighted by Gasteiger charge is 2.29. The van der Waals surface area contributed by atoms with E-state index in [9.17, 15) is 14.4 Å². The van der Waals surface area contributed by atoms with E-state index in [4.69, 9.17) is 4.74 Å². The van der Waals surface area contributed by atoms with E-state index < -0.39 is 6.09 Å². The Kier molecular flexibility index (Phi) is 5.33. The van der Waals surface area contributed by atoms with Gasteiger partial charge in [-0.25, -0.2) is 9.69 Å². The second-order valence-corrected chi connectivity index (χ2v) is 5.65. The van der Waals surface area contributed by atoms with Gasteiger partial charge in [0.1, 0.15) is 6.61 Å². The third-order valence-electron chi connectivity index (χ3n) is 3.63. The number of anilines is 1. The van der Waals surface area contributed by atoms with Crippen LogP contribution in [0.1, 0.15) is 11.1 Å². The Labute approximate surface area is 135 Å². The zero-order chi connectivity index (χ0) is 17.0. The molecule has 0 bridgehead atoms. The SMILES string of the molecule is Cc1cccc(C)c1NC(=O)CN(C)CC(=O)N1CCOC1=O. The molecule has 1 N–H and O–H groups in total. The van der Waals surface area contributed by atoms with Crippen LogP contribution in [0.3, 0.4) is 0 Å². The number of ether oxygens (including phenoxy) is 1. The van der Waals surface area contributed by atoms with Crippen molar-refractivity contribution >= 4 is 23.6 Å². The Morgan fingerprint density at radius 2 is 1.91 bits per heavy atom. The molecule has 1 fully saturated rings. The summed E-state index contributed by atoms with van der Waals surface area (Å²) in [6, 6.07) is 5.78. The van der Waals surface area contributed by atoms with Gasteiger partial charge in [-0.05, 0) is 32.0 Å². The fourth-order valence-corrected chi connectivity index (χ4v) is 2.43. The molecule has 3 amide bonds. The average Bonchev–Trinajstić information content (AvgIpc) is 2.89. The van der Waals surface area contributed by atoms with Gasteiger partial charge in [-0.1, -0.05) is 18.2 Å². The molecule has 2 rings (SSSR count). The number of hydrogen-bond acceptors (Lipinski definition) is 5. The minimum absolute atomic E-state index is 0.0186. The molecular formula is C16H21N3O4.